The van der Waals surface area contributed by atoms with Gasteiger partial charge in [0.2, 0.25) is 0 Å². The number of hydrogen-bond donors (Lipinski definition) is 1. The zero-order valence-corrected chi connectivity index (χ0v) is 13.0. The van der Waals surface area contributed by atoms with Crippen LogP contribution in [-0.2, 0) is 14.3 Å². The van der Waals surface area contributed by atoms with Crippen molar-refractivity contribution in [2.75, 3.05) is 14.2 Å². The average Bonchev–Trinajstić information content (AvgIpc) is 2.87. The third kappa shape index (κ3) is 4.16. The van der Waals surface area contributed by atoms with Gasteiger partial charge in [-0.1, -0.05) is 6.07 Å². The molecule has 1 heterocycles. The summed E-state index contributed by atoms with van der Waals surface area (Å²) in [6.07, 6.45) is 2.35. The number of carbonyl (C=O) groups excluding carboxylic acids is 2. The van der Waals surface area contributed by atoms with Crippen LogP contribution in [-0.4, -0.2) is 37.5 Å². The van der Waals surface area contributed by atoms with Crippen LogP contribution in [0.1, 0.15) is 5.56 Å². The maximum Gasteiger partial charge on any atom is 0.331 e. The van der Waals surface area contributed by atoms with Gasteiger partial charge in [0.15, 0.2) is 16.7 Å². The normalized spacial score (nSPS) is 17.8. The number of amides is 1. The fourth-order valence-corrected chi connectivity index (χ4v) is 2.37. The van der Waals surface area contributed by atoms with E-state index in [2.05, 4.69) is 20.3 Å². The van der Waals surface area contributed by atoms with E-state index in [9.17, 15) is 14.0 Å². The number of ether oxygens (including phenoxy) is 2. The van der Waals surface area contributed by atoms with Crippen molar-refractivity contribution in [3.05, 3.63) is 40.6 Å². The van der Waals surface area contributed by atoms with Crippen molar-refractivity contribution in [2.45, 2.75) is 0 Å². The molecule has 0 spiro atoms. The number of thioether (sulfide) groups is 1. The summed E-state index contributed by atoms with van der Waals surface area (Å²) in [5.41, 5.74) is 0.400. The van der Waals surface area contributed by atoms with E-state index in [-0.39, 0.29) is 15.8 Å². The zero-order valence-electron chi connectivity index (χ0n) is 12.2. The van der Waals surface area contributed by atoms with Gasteiger partial charge in [0.1, 0.15) is 0 Å². The van der Waals surface area contributed by atoms with Crippen molar-refractivity contribution in [2.24, 2.45) is 10.2 Å². The topological polar surface area (TPSA) is 89.3 Å². The number of rotatable bonds is 4. The first kappa shape index (κ1) is 16.7. The molecule has 0 bridgehead atoms. The molecule has 0 saturated carbocycles. The van der Waals surface area contributed by atoms with Crippen LogP contribution in [0, 0.1) is 5.82 Å². The summed E-state index contributed by atoms with van der Waals surface area (Å²) in [5.74, 6) is -1.59. The van der Waals surface area contributed by atoms with Gasteiger partial charge in [-0.15, -0.1) is 5.10 Å². The maximum atomic E-state index is 13.5. The Kier molecular flexibility index (Phi) is 5.47. The number of halogens is 1. The molecule has 7 nitrogen and oxygen atoms in total. The second-order valence-corrected chi connectivity index (χ2v) is 5.13. The molecular weight excluding hydrogens is 325 g/mol. The minimum Gasteiger partial charge on any atom is -0.493 e. The first-order valence-corrected chi connectivity index (χ1v) is 7.09. The summed E-state index contributed by atoms with van der Waals surface area (Å²) in [4.78, 5) is 22.9. The molecule has 23 heavy (non-hydrogen) atoms. The van der Waals surface area contributed by atoms with Crippen LogP contribution < -0.4 is 10.1 Å². The summed E-state index contributed by atoms with van der Waals surface area (Å²) in [6, 6.07) is 4.38. The Labute approximate surface area is 135 Å². The van der Waals surface area contributed by atoms with Gasteiger partial charge >= 0.3 is 5.97 Å². The smallest absolute Gasteiger partial charge is 0.331 e. The molecule has 1 saturated heterocycles. The fraction of sp³-hybridized carbons (Fsp3) is 0.143. The van der Waals surface area contributed by atoms with Crippen molar-refractivity contribution in [3.8, 4) is 5.75 Å². The molecule has 1 aromatic carbocycles. The number of esters is 1. The van der Waals surface area contributed by atoms with E-state index < -0.39 is 17.7 Å². The monoisotopic (exact) mass is 337 g/mol. The number of methoxy groups -OCH3 is 2. The lowest BCUT2D eigenvalue weighted by Gasteiger charge is -2.03. The minimum absolute atomic E-state index is 0.0471. The summed E-state index contributed by atoms with van der Waals surface area (Å²) in [7, 11) is 2.56. The molecule has 0 unspecified atom stereocenters. The van der Waals surface area contributed by atoms with Gasteiger partial charge in [-0.2, -0.15) is 5.10 Å². The van der Waals surface area contributed by atoms with Crippen molar-refractivity contribution in [1.29, 1.82) is 0 Å². The van der Waals surface area contributed by atoms with E-state index in [4.69, 9.17) is 4.74 Å². The van der Waals surface area contributed by atoms with Gasteiger partial charge in [-0.3, -0.25) is 10.1 Å². The molecular formula is C14H12FN3O4S. The molecule has 0 aromatic heterocycles. The lowest BCUT2D eigenvalue weighted by atomic mass is 10.2. The van der Waals surface area contributed by atoms with Gasteiger partial charge in [0, 0.05) is 11.6 Å². The number of amidine groups is 1. The number of nitrogens with zero attached hydrogens (tertiary/aromatic N) is 2. The van der Waals surface area contributed by atoms with Crippen LogP contribution in [0.2, 0.25) is 0 Å². The van der Waals surface area contributed by atoms with Crippen molar-refractivity contribution >= 4 is 35.0 Å². The molecule has 1 aromatic rings. The van der Waals surface area contributed by atoms with Crippen LogP contribution in [0.25, 0.3) is 0 Å². The highest BCUT2D eigenvalue weighted by atomic mass is 32.2. The second kappa shape index (κ2) is 7.54. The molecule has 1 amide bonds. The Morgan fingerprint density at radius 3 is 2.87 bits per heavy atom. The Balaban J connectivity index is 2.13. The van der Waals surface area contributed by atoms with Crippen LogP contribution in [0.5, 0.6) is 5.75 Å². The average molecular weight is 337 g/mol. The van der Waals surface area contributed by atoms with Crippen molar-refractivity contribution in [1.82, 2.24) is 5.32 Å². The van der Waals surface area contributed by atoms with E-state index in [1.807, 2.05) is 0 Å². The number of nitrogens with one attached hydrogen (secondary N) is 1. The SMILES string of the molecule is COC(=O)/C=C1/S/C(=N\N=Cc2cccc(F)c2OC)NC1=O. The highest BCUT2D eigenvalue weighted by Crippen LogP contribution is 2.24. The number of benzene rings is 1. The van der Waals surface area contributed by atoms with Crippen molar-refractivity contribution < 1.29 is 23.5 Å². The molecule has 9 heteroatoms. The van der Waals surface area contributed by atoms with E-state index in [1.165, 1.54) is 32.6 Å². The minimum atomic E-state index is -0.642. The Hall–Kier alpha value is -2.68. The van der Waals surface area contributed by atoms with E-state index in [0.717, 1.165) is 17.8 Å². The predicted molar refractivity (Wildman–Crippen MR) is 83.8 cm³/mol. The van der Waals surface area contributed by atoms with E-state index in [0.29, 0.717) is 5.56 Å². The highest BCUT2D eigenvalue weighted by molar-refractivity contribution is 8.18. The summed E-state index contributed by atoms with van der Waals surface area (Å²) in [5, 5.41) is 10.2. The lowest BCUT2D eigenvalue weighted by molar-refractivity contribution is -0.135. The van der Waals surface area contributed by atoms with E-state index >= 15 is 0 Å². The maximum absolute atomic E-state index is 13.5. The zero-order chi connectivity index (χ0) is 16.8. The first-order chi connectivity index (χ1) is 11.0. The fourth-order valence-electron chi connectivity index (χ4n) is 1.63. The highest BCUT2D eigenvalue weighted by Gasteiger charge is 2.25. The van der Waals surface area contributed by atoms with Gasteiger partial charge < -0.3 is 9.47 Å². The first-order valence-electron chi connectivity index (χ1n) is 6.27. The molecule has 0 radical (unpaired) electrons. The molecule has 1 fully saturated rings. The van der Waals surface area contributed by atoms with Crippen LogP contribution in [0.3, 0.4) is 0 Å². The quantitative estimate of drug-likeness (QED) is 0.389. The Morgan fingerprint density at radius 1 is 1.39 bits per heavy atom. The van der Waals surface area contributed by atoms with Gasteiger partial charge in [0.25, 0.3) is 5.91 Å². The number of para-hydroxylation sites is 1. The lowest BCUT2D eigenvalue weighted by Crippen LogP contribution is -2.19. The van der Waals surface area contributed by atoms with Gasteiger partial charge in [-0.25, -0.2) is 9.18 Å². The molecule has 1 N–H and O–H groups in total. The molecule has 120 valence electrons. The van der Waals surface area contributed by atoms with Crippen molar-refractivity contribution in [3.63, 3.8) is 0 Å². The Morgan fingerprint density at radius 2 is 2.17 bits per heavy atom. The predicted octanol–water partition coefficient (Wildman–Crippen LogP) is 1.44. The van der Waals surface area contributed by atoms with Crippen LogP contribution >= 0.6 is 11.8 Å². The second-order valence-electron chi connectivity index (χ2n) is 4.10. The molecule has 0 atom stereocenters. The summed E-state index contributed by atoms with van der Waals surface area (Å²) in [6.45, 7) is 0. The largest absolute Gasteiger partial charge is 0.493 e. The Bertz CT molecular complexity index is 731. The molecule has 1 aliphatic rings. The molecule has 0 aliphatic carbocycles. The van der Waals surface area contributed by atoms with Crippen LogP contribution in [0.4, 0.5) is 4.39 Å². The van der Waals surface area contributed by atoms with Crippen LogP contribution in [0.15, 0.2) is 39.4 Å². The third-order valence-corrected chi connectivity index (χ3v) is 3.55. The standard InChI is InChI=1S/C14H12FN3O4S/c1-21-11(19)6-10-13(20)17-14(23-10)18-16-7-8-4-3-5-9(15)12(8)22-2/h3-7H,1-2H3,(H,17,18,20)/b10-6+,16-7?. The number of carbonyl (C=O) groups is 2. The van der Waals surface area contributed by atoms with E-state index in [1.54, 1.807) is 6.07 Å². The molecule has 2 rings (SSSR count). The molecule has 1 aliphatic heterocycles. The summed E-state index contributed by atoms with van der Waals surface area (Å²) < 4.78 is 22.9. The summed E-state index contributed by atoms with van der Waals surface area (Å²) >= 11 is 0.941. The van der Waals surface area contributed by atoms with Gasteiger partial charge in [-0.05, 0) is 23.9 Å². The number of hydrogen-bond acceptors (Lipinski definition) is 7. The van der Waals surface area contributed by atoms with Gasteiger partial charge in [0.05, 0.1) is 25.3 Å². The third-order valence-electron chi connectivity index (χ3n) is 2.65.